The van der Waals surface area contributed by atoms with Crippen molar-refractivity contribution in [3.8, 4) is 5.69 Å². The van der Waals surface area contributed by atoms with Crippen LogP contribution in [-0.4, -0.2) is 45.9 Å². The summed E-state index contributed by atoms with van der Waals surface area (Å²) in [5, 5.41) is 5.06. The van der Waals surface area contributed by atoms with Gasteiger partial charge in [0.15, 0.2) is 0 Å². The van der Waals surface area contributed by atoms with E-state index in [1.54, 1.807) is 36.7 Å². The molecule has 0 aliphatic carbocycles. The van der Waals surface area contributed by atoms with E-state index >= 15 is 0 Å². The summed E-state index contributed by atoms with van der Waals surface area (Å²) in [4.78, 5) is 25.6. The molecule has 0 N–H and O–H groups in total. The Morgan fingerprint density at radius 3 is 2.32 bits per heavy atom. The molecule has 7 nitrogen and oxygen atoms in total. The van der Waals surface area contributed by atoms with Crippen LogP contribution in [0.5, 0.6) is 0 Å². The van der Waals surface area contributed by atoms with Crippen molar-refractivity contribution in [2.75, 3.05) is 36.0 Å². The standard InChI is InChI=1S/C19H18Cl2N6O/c1-13-22-7-6-17(24-13)26-10-8-25(9-11-26)16-12-23-27(19(28)18(16)21)15-4-2-14(20)3-5-15/h2-7,12H,8-11H2,1H3. The molecular weight excluding hydrogens is 399 g/mol. The van der Waals surface area contributed by atoms with Crippen molar-refractivity contribution in [2.24, 2.45) is 0 Å². The Labute approximate surface area is 172 Å². The molecule has 9 heteroatoms. The van der Waals surface area contributed by atoms with Crippen LogP contribution < -0.4 is 15.4 Å². The molecule has 0 amide bonds. The van der Waals surface area contributed by atoms with Crippen molar-refractivity contribution >= 4 is 34.7 Å². The molecule has 0 bridgehead atoms. The van der Waals surface area contributed by atoms with Gasteiger partial charge in [-0.05, 0) is 37.3 Å². The molecule has 0 saturated carbocycles. The highest BCUT2D eigenvalue weighted by molar-refractivity contribution is 6.33. The first-order chi connectivity index (χ1) is 13.5. The molecule has 1 aromatic carbocycles. The predicted octanol–water partition coefficient (Wildman–Crippen LogP) is 2.96. The minimum atomic E-state index is -0.352. The van der Waals surface area contributed by atoms with Crippen LogP contribution in [-0.2, 0) is 0 Å². The number of anilines is 2. The number of rotatable bonds is 3. The predicted molar refractivity (Wildman–Crippen MR) is 111 cm³/mol. The van der Waals surface area contributed by atoms with Crippen LogP contribution in [0.2, 0.25) is 10.0 Å². The lowest BCUT2D eigenvalue weighted by Gasteiger charge is -2.36. The second-order valence-electron chi connectivity index (χ2n) is 6.47. The number of halogens is 2. The largest absolute Gasteiger partial charge is 0.365 e. The second kappa shape index (κ2) is 7.77. The minimum absolute atomic E-state index is 0.163. The lowest BCUT2D eigenvalue weighted by atomic mass is 10.2. The van der Waals surface area contributed by atoms with E-state index in [1.807, 2.05) is 13.0 Å². The summed E-state index contributed by atoms with van der Waals surface area (Å²) in [7, 11) is 0. The fraction of sp³-hybridized carbons (Fsp3) is 0.263. The molecule has 0 radical (unpaired) electrons. The average molecular weight is 417 g/mol. The average Bonchev–Trinajstić information content (AvgIpc) is 2.71. The number of aromatic nitrogens is 4. The zero-order valence-corrected chi connectivity index (χ0v) is 16.7. The molecular formula is C19H18Cl2N6O. The second-order valence-corrected chi connectivity index (χ2v) is 7.29. The third-order valence-electron chi connectivity index (χ3n) is 4.68. The maximum atomic E-state index is 12.7. The third-order valence-corrected chi connectivity index (χ3v) is 5.28. The van der Waals surface area contributed by atoms with Crippen LogP contribution in [0.1, 0.15) is 5.82 Å². The Morgan fingerprint density at radius 1 is 0.964 bits per heavy atom. The van der Waals surface area contributed by atoms with Gasteiger partial charge < -0.3 is 9.80 Å². The summed E-state index contributed by atoms with van der Waals surface area (Å²) in [6.45, 7) is 4.85. The van der Waals surface area contributed by atoms with Gasteiger partial charge in [0.25, 0.3) is 5.56 Å². The number of nitrogens with zero attached hydrogens (tertiary/aromatic N) is 6. The molecule has 1 aliphatic rings. The molecule has 0 unspecified atom stereocenters. The third kappa shape index (κ3) is 3.68. The smallest absolute Gasteiger partial charge is 0.292 e. The van der Waals surface area contributed by atoms with Gasteiger partial charge in [-0.3, -0.25) is 4.79 Å². The van der Waals surface area contributed by atoms with E-state index < -0.39 is 0 Å². The molecule has 3 heterocycles. The summed E-state index contributed by atoms with van der Waals surface area (Å²) in [6.07, 6.45) is 3.41. The first-order valence-electron chi connectivity index (χ1n) is 8.86. The molecule has 0 spiro atoms. The first-order valence-corrected chi connectivity index (χ1v) is 9.62. The highest BCUT2D eigenvalue weighted by atomic mass is 35.5. The lowest BCUT2D eigenvalue weighted by molar-refractivity contribution is 0.641. The molecule has 1 aliphatic heterocycles. The van der Waals surface area contributed by atoms with E-state index in [4.69, 9.17) is 23.2 Å². The van der Waals surface area contributed by atoms with Crippen molar-refractivity contribution in [3.63, 3.8) is 0 Å². The summed E-state index contributed by atoms with van der Waals surface area (Å²) in [5.41, 5.74) is 0.914. The zero-order chi connectivity index (χ0) is 19.7. The van der Waals surface area contributed by atoms with Crippen LogP contribution in [0.15, 0.2) is 47.5 Å². The van der Waals surface area contributed by atoms with Gasteiger partial charge in [0.1, 0.15) is 16.7 Å². The van der Waals surface area contributed by atoms with Crippen LogP contribution in [0.3, 0.4) is 0 Å². The lowest BCUT2D eigenvalue weighted by Crippen LogP contribution is -2.47. The van der Waals surface area contributed by atoms with Crippen LogP contribution in [0.4, 0.5) is 11.5 Å². The van der Waals surface area contributed by atoms with Gasteiger partial charge in [-0.1, -0.05) is 23.2 Å². The van der Waals surface area contributed by atoms with Gasteiger partial charge in [-0.15, -0.1) is 0 Å². The Bertz CT molecular complexity index is 1050. The van der Waals surface area contributed by atoms with Gasteiger partial charge in [-0.25, -0.2) is 9.97 Å². The molecule has 1 fully saturated rings. The van der Waals surface area contributed by atoms with Gasteiger partial charge in [0.2, 0.25) is 0 Å². The van der Waals surface area contributed by atoms with Crippen molar-refractivity contribution in [2.45, 2.75) is 6.92 Å². The molecule has 144 valence electrons. The summed E-state index contributed by atoms with van der Waals surface area (Å²) in [5.74, 6) is 1.66. The van der Waals surface area contributed by atoms with Crippen molar-refractivity contribution in [1.29, 1.82) is 0 Å². The van der Waals surface area contributed by atoms with E-state index in [9.17, 15) is 4.79 Å². The van der Waals surface area contributed by atoms with Crippen LogP contribution in [0, 0.1) is 6.92 Å². The fourth-order valence-corrected chi connectivity index (χ4v) is 3.58. The van der Waals surface area contributed by atoms with E-state index in [-0.39, 0.29) is 10.6 Å². The van der Waals surface area contributed by atoms with Gasteiger partial charge >= 0.3 is 0 Å². The Balaban J connectivity index is 1.53. The molecule has 0 atom stereocenters. The van der Waals surface area contributed by atoms with E-state index in [1.165, 1.54) is 4.68 Å². The zero-order valence-electron chi connectivity index (χ0n) is 15.2. The first kappa shape index (κ1) is 18.7. The summed E-state index contributed by atoms with van der Waals surface area (Å²) in [6, 6.07) is 8.79. The quantitative estimate of drug-likeness (QED) is 0.653. The maximum Gasteiger partial charge on any atom is 0.292 e. The summed E-state index contributed by atoms with van der Waals surface area (Å²) < 4.78 is 1.28. The number of piperazine rings is 1. The van der Waals surface area contributed by atoms with Crippen LogP contribution in [0.25, 0.3) is 5.69 Å². The van der Waals surface area contributed by atoms with Gasteiger partial charge in [0.05, 0.1) is 17.6 Å². The normalized spacial score (nSPS) is 14.4. The van der Waals surface area contributed by atoms with Crippen molar-refractivity contribution in [3.05, 3.63) is 68.9 Å². The van der Waals surface area contributed by atoms with E-state index in [0.717, 1.165) is 37.8 Å². The topological polar surface area (TPSA) is 67.2 Å². The van der Waals surface area contributed by atoms with Gasteiger partial charge in [-0.2, -0.15) is 9.78 Å². The number of hydrogen-bond acceptors (Lipinski definition) is 6. The highest BCUT2D eigenvalue weighted by Gasteiger charge is 2.22. The number of aryl methyl sites for hydroxylation is 1. The molecule has 3 aromatic rings. The number of benzene rings is 1. The molecule has 2 aromatic heterocycles. The SMILES string of the molecule is Cc1nccc(N2CCN(c3cnn(-c4ccc(Cl)cc4)c(=O)c3Cl)CC2)n1. The van der Waals surface area contributed by atoms with E-state index in [0.29, 0.717) is 16.4 Å². The molecule has 28 heavy (non-hydrogen) atoms. The Kier molecular flexibility index (Phi) is 5.19. The van der Waals surface area contributed by atoms with E-state index in [2.05, 4.69) is 24.9 Å². The highest BCUT2D eigenvalue weighted by Crippen LogP contribution is 2.24. The molecule has 1 saturated heterocycles. The number of hydrogen-bond donors (Lipinski definition) is 0. The Hall–Kier alpha value is -2.64. The fourth-order valence-electron chi connectivity index (χ4n) is 3.21. The van der Waals surface area contributed by atoms with Crippen LogP contribution >= 0.6 is 23.2 Å². The summed E-state index contributed by atoms with van der Waals surface area (Å²) >= 11 is 12.3. The minimum Gasteiger partial charge on any atom is -0.365 e. The molecule has 4 rings (SSSR count). The monoisotopic (exact) mass is 416 g/mol. The maximum absolute atomic E-state index is 12.7. The van der Waals surface area contributed by atoms with Crippen molar-refractivity contribution in [1.82, 2.24) is 19.7 Å². The Morgan fingerprint density at radius 2 is 1.64 bits per heavy atom. The van der Waals surface area contributed by atoms with Crippen molar-refractivity contribution < 1.29 is 0 Å². The van der Waals surface area contributed by atoms with Gasteiger partial charge in [0, 0.05) is 37.4 Å².